The second-order valence-corrected chi connectivity index (χ2v) is 3.08. The predicted molar refractivity (Wildman–Crippen MR) is 52.0 cm³/mol. The van der Waals surface area contributed by atoms with Crippen LogP contribution in [-0.2, 0) is 0 Å². The van der Waals surface area contributed by atoms with Crippen LogP contribution in [0.3, 0.4) is 0 Å². The largest absolute Gasteiger partial charge is 0.439 e. The molecular formula is C11H8FNO2. The predicted octanol–water partition coefficient (Wildman–Crippen LogP) is 2.60. The lowest BCUT2D eigenvalue weighted by molar-refractivity contribution is 0.109. The van der Waals surface area contributed by atoms with E-state index in [0.29, 0.717) is 17.7 Å². The number of carbonyl (C=O) groups excluding carboxylic acids is 1. The van der Waals surface area contributed by atoms with E-state index >= 15 is 0 Å². The van der Waals surface area contributed by atoms with E-state index in [9.17, 15) is 9.18 Å². The molecule has 0 radical (unpaired) electrons. The lowest BCUT2D eigenvalue weighted by Crippen LogP contribution is -1.82. The van der Waals surface area contributed by atoms with Gasteiger partial charge in [0.15, 0.2) is 0 Å². The molecule has 1 aromatic carbocycles. The fourth-order valence-corrected chi connectivity index (χ4v) is 1.34. The number of hydrogen-bond acceptors (Lipinski definition) is 3. The first kappa shape index (κ1) is 9.58. The summed E-state index contributed by atoms with van der Waals surface area (Å²) in [4.78, 5) is 14.4. The molecule has 0 spiro atoms. The zero-order valence-corrected chi connectivity index (χ0v) is 8.03. The van der Waals surface area contributed by atoms with Crippen LogP contribution in [0.25, 0.3) is 11.3 Å². The molecule has 0 aliphatic carbocycles. The van der Waals surface area contributed by atoms with E-state index in [1.165, 1.54) is 12.1 Å². The van der Waals surface area contributed by atoms with Crippen molar-refractivity contribution in [2.75, 3.05) is 0 Å². The summed E-state index contributed by atoms with van der Waals surface area (Å²) in [6.07, 6.45) is 0.542. The Balaban J connectivity index is 2.48. The topological polar surface area (TPSA) is 43.1 Å². The SMILES string of the molecule is Cc1oc(C=O)nc1-c1ccc(F)cc1. The fraction of sp³-hybridized carbons (Fsp3) is 0.0909. The molecule has 0 amide bonds. The van der Waals surface area contributed by atoms with Crippen molar-refractivity contribution in [2.45, 2.75) is 6.92 Å². The number of carbonyl (C=O) groups is 1. The second-order valence-electron chi connectivity index (χ2n) is 3.08. The summed E-state index contributed by atoms with van der Waals surface area (Å²) >= 11 is 0. The van der Waals surface area contributed by atoms with Crippen molar-refractivity contribution in [3.05, 3.63) is 41.7 Å². The summed E-state index contributed by atoms with van der Waals surface area (Å²) in [6.45, 7) is 1.71. The average molecular weight is 205 g/mol. The van der Waals surface area contributed by atoms with Gasteiger partial charge >= 0.3 is 0 Å². The van der Waals surface area contributed by atoms with Crippen LogP contribution in [0.2, 0.25) is 0 Å². The molecule has 0 aliphatic heterocycles. The number of aryl methyl sites for hydroxylation is 1. The Labute approximate surface area is 85.6 Å². The molecule has 1 aromatic heterocycles. The van der Waals surface area contributed by atoms with Gasteiger partial charge in [-0.15, -0.1) is 0 Å². The Morgan fingerprint density at radius 3 is 2.53 bits per heavy atom. The van der Waals surface area contributed by atoms with E-state index in [1.807, 2.05) is 0 Å². The lowest BCUT2D eigenvalue weighted by atomic mass is 10.1. The average Bonchev–Trinajstić information content (AvgIpc) is 2.61. The van der Waals surface area contributed by atoms with Gasteiger partial charge in [-0.2, -0.15) is 0 Å². The van der Waals surface area contributed by atoms with Crippen molar-refractivity contribution in [1.82, 2.24) is 4.98 Å². The molecule has 0 unspecified atom stereocenters. The molecule has 15 heavy (non-hydrogen) atoms. The van der Waals surface area contributed by atoms with Gasteiger partial charge in [-0.05, 0) is 31.2 Å². The minimum absolute atomic E-state index is 0.0341. The first-order valence-electron chi connectivity index (χ1n) is 4.39. The van der Waals surface area contributed by atoms with Crippen LogP contribution >= 0.6 is 0 Å². The van der Waals surface area contributed by atoms with Gasteiger partial charge in [0.05, 0.1) is 0 Å². The summed E-state index contributed by atoms with van der Waals surface area (Å²) in [5, 5.41) is 0. The van der Waals surface area contributed by atoms with E-state index in [4.69, 9.17) is 4.42 Å². The van der Waals surface area contributed by atoms with Crippen LogP contribution in [0.15, 0.2) is 28.7 Å². The van der Waals surface area contributed by atoms with E-state index < -0.39 is 0 Å². The van der Waals surface area contributed by atoms with E-state index in [2.05, 4.69) is 4.98 Å². The molecule has 0 bridgehead atoms. The molecule has 1 heterocycles. The summed E-state index contributed by atoms with van der Waals surface area (Å²) in [7, 11) is 0. The number of nitrogens with zero attached hydrogens (tertiary/aromatic N) is 1. The van der Waals surface area contributed by atoms with Crippen molar-refractivity contribution in [1.29, 1.82) is 0 Å². The molecule has 0 atom stereocenters. The van der Waals surface area contributed by atoms with Crippen molar-refractivity contribution >= 4 is 6.29 Å². The van der Waals surface area contributed by atoms with E-state index in [0.717, 1.165) is 5.56 Å². The fourth-order valence-electron chi connectivity index (χ4n) is 1.34. The minimum atomic E-state index is -0.310. The van der Waals surface area contributed by atoms with Crippen LogP contribution < -0.4 is 0 Å². The van der Waals surface area contributed by atoms with E-state index in [1.54, 1.807) is 19.1 Å². The number of hydrogen-bond donors (Lipinski definition) is 0. The van der Waals surface area contributed by atoms with Crippen LogP contribution in [0, 0.1) is 12.7 Å². The highest BCUT2D eigenvalue weighted by Crippen LogP contribution is 2.22. The summed E-state index contributed by atoms with van der Waals surface area (Å²) < 4.78 is 17.7. The van der Waals surface area contributed by atoms with Gasteiger partial charge in [0, 0.05) is 5.56 Å². The van der Waals surface area contributed by atoms with Gasteiger partial charge in [0.25, 0.3) is 5.89 Å². The zero-order valence-electron chi connectivity index (χ0n) is 8.03. The Kier molecular flexibility index (Phi) is 2.33. The van der Waals surface area contributed by atoms with Gasteiger partial charge < -0.3 is 4.42 Å². The number of benzene rings is 1. The molecule has 4 heteroatoms. The third kappa shape index (κ3) is 1.79. The Bertz CT molecular complexity index is 488. The number of aldehydes is 1. The molecule has 3 nitrogen and oxygen atoms in total. The Hall–Kier alpha value is -1.97. The smallest absolute Gasteiger partial charge is 0.260 e. The molecule has 0 aliphatic rings. The van der Waals surface area contributed by atoms with Crippen LogP contribution in [0.1, 0.15) is 16.4 Å². The molecule has 0 saturated heterocycles. The summed E-state index contributed by atoms with van der Waals surface area (Å²) in [5.74, 6) is 0.269. The number of rotatable bonds is 2. The maximum absolute atomic E-state index is 12.7. The summed E-state index contributed by atoms with van der Waals surface area (Å²) in [6, 6.07) is 5.86. The van der Waals surface area contributed by atoms with Gasteiger partial charge in [-0.25, -0.2) is 9.37 Å². The molecule has 0 fully saturated rings. The minimum Gasteiger partial charge on any atom is -0.439 e. The molecule has 0 N–H and O–H groups in total. The molecule has 2 aromatic rings. The second kappa shape index (κ2) is 3.65. The number of halogens is 1. The summed E-state index contributed by atoms with van der Waals surface area (Å²) in [5.41, 5.74) is 1.29. The standard InChI is InChI=1S/C11H8FNO2/c1-7-11(13-10(6-14)15-7)8-2-4-9(12)5-3-8/h2-6H,1H3. The third-order valence-electron chi connectivity index (χ3n) is 2.03. The van der Waals surface area contributed by atoms with Crippen molar-refractivity contribution in [3.63, 3.8) is 0 Å². The quantitative estimate of drug-likeness (QED) is 0.708. The monoisotopic (exact) mass is 205 g/mol. The Morgan fingerprint density at radius 1 is 1.33 bits per heavy atom. The van der Waals surface area contributed by atoms with Crippen LogP contribution in [0.4, 0.5) is 4.39 Å². The maximum Gasteiger partial charge on any atom is 0.260 e. The third-order valence-corrected chi connectivity index (χ3v) is 2.03. The van der Waals surface area contributed by atoms with Gasteiger partial charge in [0.1, 0.15) is 17.3 Å². The molecule has 76 valence electrons. The molecule has 2 rings (SSSR count). The van der Waals surface area contributed by atoms with Crippen molar-refractivity contribution in [2.24, 2.45) is 0 Å². The number of oxazole rings is 1. The normalized spacial score (nSPS) is 10.3. The van der Waals surface area contributed by atoms with Crippen LogP contribution in [-0.4, -0.2) is 11.3 Å². The van der Waals surface area contributed by atoms with Gasteiger partial charge in [-0.3, -0.25) is 4.79 Å². The lowest BCUT2D eigenvalue weighted by Gasteiger charge is -1.96. The first-order chi connectivity index (χ1) is 7.20. The Morgan fingerprint density at radius 2 is 2.00 bits per heavy atom. The van der Waals surface area contributed by atoms with Crippen molar-refractivity contribution < 1.29 is 13.6 Å². The highest BCUT2D eigenvalue weighted by atomic mass is 19.1. The van der Waals surface area contributed by atoms with Gasteiger partial charge in [0.2, 0.25) is 6.29 Å². The highest BCUT2D eigenvalue weighted by molar-refractivity contribution is 5.71. The zero-order chi connectivity index (χ0) is 10.8. The molecule has 0 saturated carbocycles. The van der Waals surface area contributed by atoms with Gasteiger partial charge in [-0.1, -0.05) is 0 Å². The van der Waals surface area contributed by atoms with E-state index in [-0.39, 0.29) is 11.7 Å². The first-order valence-corrected chi connectivity index (χ1v) is 4.39. The van der Waals surface area contributed by atoms with Crippen molar-refractivity contribution in [3.8, 4) is 11.3 Å². The molecular weight excluding hydrogens is 197 g/mol. The maximum atomic E-state index is 12.7. The van der Waals surface area contributed by atoms with Crippen LogP contribution in [0.5, 0.6) is 0 Å². The highest BCUT2D eigenvalue weighted by Gasteiger charge is 2.10. The number of aromatic nitrogens is 1.